The average molecular weight is 297 g/mol. The Bertz CT molecular complexity index is 422. The van der Waals surface area contributed by atoms with Crippen LogP contribution in [-0.2, 0) is 19.1 Å². The van der Waals surface area contributed by atoms with Crippen molar-refractivity contribution in [2.45, 2.75) is 44.2 Å². The summed E-state index contributed by atoms with van der Waals surface area (Å²) in [6.07, 6.45) is 3.79. The van der Waals surface area contributed by atoms with E-state index in [9.17, 15) is 14.4 Å². The van der Waals surface area contributed by atoms with Crippen molar-refractivity contribution in [1.29, 1.82) is 0 Å². The molecule has 0 spiro atoms. The van der Waals surface area contributed by atoms with Crippen LogP contribution in [0.15, 0.2) is 0 Å². The fraction of sp³-hybridized carbons (Fsp3) is 0.786. The molecule has 1 saturated carbocycles. The Morgan fingerprint density at radius 1 is 1.38 bits per heavy atom. The van der Waals surface area contributed by atoms with E-state index in [-0.39, 0.29) is 24.2 Å². The van der Waals surface area contributed by atoms with Crippen LogP contribution >= 0.6 is 0 Å². The molecule has 7 nitrogen and oxygen atoms in total. The maximum atomic E-state index is 12.0. The fourth-order valence-electron chi connectivity index (χ4n) is 2.61. The van der Waals surface area contributed by atoms with E-state index in [1.165, 1.54) is 7.11 Å². The molecule has 2 rings (SSSR count). The molecular formula is C14H23N3O4. The van der Waals surface area contributed by atoms with Crippen LogP contribution in [0.5, 0.6) is 0 Å². The Balaban J connectivity index is 1.90. The topological polar surface area (TPSA) is 111 Å². The molecule has 2 amide bonds. The third-order valence-corrected chi connectivity index (χ3v) is 4.11. The van der Waals surface area contributed by atoms with E-state index < -0.39 is 18.1 Å². The quantitative estimate of drug-likeness (QED) is 0.538. The van der Waals surface area contributed by atoms with Gasteiger partial charge in [-0.15, -0.1) is 0 Å². The molecule has 3 atom stereocenters. The minimum absolute atomic E-state index is 0.0829. The summed E-state index contributed by atoms with van der Waals surface area (Å²) in [6.45, 7) is 0.604. The molecule has 7 heteroatoms. The van der Waals surface area contributed by atoms with Crippen LogP contribution < -0.4 is 16.4 Å². The lowest BCUT2D eigenvalue weighted by Gasteiger charge is -2.21. The molecular weight excluding hydrogens is 274 g/mol. The van der Waals surface area contributed by atoms with Gasteiger partial charge in [0.15, 0.2) is 0 Å². The molecule has 118 valence electrons. The molecule has 0 bridgehead atoms. The molecule has 1 aliphatic heterocycles. The summed E-state index contributed by atoms with van der Waals surface area (Å²) in [5.41, 5.74) is 5.84. The average Bonchev–Trinajstić information content (AvgIpc) is 3.19. The second-order valence-electron chi connectivity index (χ2n) is 5.88. The van der Waals surface area contributed by atoms with E-state index in [2.05, 4.69) is 10.6 Å². The maximum absolute atomic E-state index is 12.0. The van der Waals surface area contributed by atoms with Gasteiger partial charge in [0.1, 0.15) is 6.04 Å². The SMILES string of the molecule is COC(=O)C(C[C@@H]1CCNC1=O)NC(=O)[C@@H](N)CC1CC1. The number of carbonyl (C=O) groups is 3. The van der Waals surface area contributed by atoms with Crippen molar-refractivity contribution < 1.29 is 19.1 Å². The number of ether oxygens (including phenoxy) is 1. The smallest absolute Gasteiger partial charge is 0.328 e. The molecule has 1 unspecified atom stereocenters. The lowest BCUT2D eigenvalue weighted by atomic mass is 9.98. The normalized spacial score (nSPS) is 24.1. The van der Waals surface area contributed by atoms with Gasteiger partial charge in [-0.3, -0.25) is 9.59 Å². The van der Waals surface area contributed by atoms with Crippen molar-refractivity contribution in [1.82, 2.24) is 10.6 Å². The molecule has 0 aromatic rings. The Kier molecular flexibility index (Phi) is 5.17. The Morgan fingerprint density at radius 2 is 2.10 bits per heavy atom. The van der Waals surface area contributed by atoms with Gasteiger partial charge in [-0.2, -0.15) is 0 Å². The van der Waals surface area contributed by atoms with E-state index in [1.807, 2.05) is 0 Å². The van der Waals surface area contributed by atoms with Crippen molar-refractivity contribution in [2.24, 2.45) is 17.6 Å². The molecule has 0 radical (unpaired) electrons. The van der Waals surface area contributed by atoms with Crippen molar-refractivity contribution in [3.8, 4) is 0 Å². The fourth-order valence-corrected chi connectivity index (χ4v) is 2.61. The van der Waals surface area contributed by atoms with Gasteiger partial charge < -0.3 is 21.1 Å². The van der Waals surface area contributed by atoms with Crippen LogP contribution in [-0.4, -0.2) is 43.5 Å². The molecule has 2 fully saturated rings. The molecule has 0 aromatic carbocycles. The highest BCUT2D eigenvalue weighted by molar-refractivity contribution is 5.88. The predicted molar refractivity (Wildman–Crippen MR) is 75.0 cm³/mol. The summed E-state index contributed by atoms with van der Waals surface area (Å²) in [6, 6.07) is -1.43. The maximum Gasteiger partial charge on any atom is 0.328 e. The summed E-state index contributed by atoms with van der Waals surface area (Å²) in [7, 11) is 1.26. The zero-order valence-corrected chi connectivity index (χ0v) is 12.3. The summed E-state index contributed by atoms with van der Waals surface area (Å²) in [5, 5.41) is 5.34. The lowest BCUT2D eigenvalue weighted by molar-refractivity contribution is -0.146. The summed E-state index contributed by atoms with van der Waals surface area (Å²) in [4.78, 5) is 35.4. The van der Waals surface area contributed by atoms with Crippen LogP contribution in [0, 0.1) is 11.8 Å². The monoisotopic (exact) mass is 297 g/mol. The second kappa shape index (κ2) is 6.89. The number of hydrogen-bond donors (Lipinski definition) is 3. The van der Waals surface area contributed by atoms with Crippen LogP contribution in [0.3, 0.4) is 0 Å². The highest BCUT2D eigenvalue weighted by atomic mass is 16.5. The zero-order valence-electron chi connectivity index (χ0n) is 12.3. The molecule has 21 heavy (non-hydrogen) atoms. The summed E-state index contributed by atoms with van der Waals surface area (Å²) < 4.78 is 4.71. The van der Waals surface area contributed by atoms with E-state index in [1.54, 1.807) is 0 Å². The number of nitrogens with two attached hydrogens (primary N) is 1. The van der Waals surface area contributed by atoms with Crippen molar-refractivity contribution in [3.63, 3.8) is 0 Å². The zero-order chi connectivity index (χ0) is 15.4. The number of hydrogen-bond acceptors (Lipinski definition) is 5. The van der Waals surface area contributed by atoms with Crippen molar-refractivity contribution >= 4 is 17.8 Å². The third-order valence-electron chi connectivity index (χ3n) is 4.11. The number of carbonyl (C=O) groups excluding carboxylic acids is 3. The molecule has 2 aliphatic rings. The number of esters is 1. The van der Waals surface area contributed by atoms with E-state index in [4.69, 9.17) is 10.5 Å². The second-order valence-corrected chi connectivity index (χ2v) is 5.88. The van der Waals surface area contributed by atoms with Gasteiger partial charge in [-0.1, -0.05) is 12.8 Å². The Labute approximate surface area is 124 Å². The first-order valence-corrected chi connectivity index (χ1v) is 7.42. The van der Waals surface area contributed by atoms with E-state index >= 15 is 0 Å². The first-order chi connectivity index (χ1) is 10.0. The molecule has 1 aliphatic carbocycles. The third kappa shape index (κ3) is 4.42. The predicted octanol–water partition coefficient (Wildman–Crippen LogP) is -0.702. The molecule has 1 saturated heterocycles. The van der Waals surface area contributed by atoms with Crippen LogP contribution in [0.25, 0.3) is 0 Å². The first-order valence-electron chi connectivity index (χ1n) is 7.42. The van der Waals surface area contributed by atoms with Gasteiger partial charge in [0, 0.05) is 12.5 Å². The van der Waals surface area contributed by atoms with Crippen LogP contribution in [0.4, 0.5) is 0 Å². The minimum atomic E-state index is -0.818. The van der Waals surface area contributed by atoms with Crippen molar-refractivity contribution in [3.05, 3.63) is 0 Å². The van der Waals surface area contributed by atoms with Gasteiger partial charge >= 0.3 is 5.97 Å². The van der Waals surface area contributed by atoms with E-state index in [0.29, 0.717) is 25.3 Å². The number of rotatable bonds is 7. The van der Waals surface area contributed by atoms with E-state index in [0.717, 1.165) is 12.8 Å². The summed E-state index contributed by atoms with van der Waals surface area (Å²) >= 11 is 0. The highest BCUT2D eigenvalue weighted by Gasteiger charge is 2.33. The highest BCUT2D eigenvalue weighted by Crippen LogP contribution is 2.33. The lowest BCUT2D eigenvalue weighted by Crippen LogP contribution is -2.49. The molecule has 0 aromatic heterocycles. The number of nitrogens with one attached hydrogen (secondary N) is 2. The Morgan fingerprint density at radius 3 is 2.62 bits per heavy atom. The van der Waals surface area contributed by atoms with Gasteiger partial charge in [0.05, 0.1) is 13.2 Å². The van der Waals surface area contributed by atoms with Gasteiger partial charge in [-0.05, 0) is 25.2 Å². The summed E-state index contributed by atoms with van der Waals surface area (Å²) in [5.74, 6) is -0.713. The molecule has 4 N–H and O–H groups in total. The standard InChI is InChI=1S/C14H23N3O4/c1-21-14(20)11(7-9-4-5-16-12(9)18)17-13(19)10(15)6-8-2-3-8/h8-11H,2-7,15H2,1H3,(H,16,18)(H,17,19)/t9-,10-,11?/m0/s1. The Hall–Kier alpha value is -1.63. The van der Waals surface area contributed by atoms with Crippen molar-refractivity contribution in [2.75, 3.05) is 13.7 Å². The van der Waals surface area contributed by atoms with Gasteiger partial charge in [-0.25, -0.2) is 4.79 Å². The minimum Gasteiger partial charge on any atom is -0.467 e. The number of methoxy groups -OCH3 is 1. The van der Waals surface area contributed by atoms with Crippen LogP contribution in [0.1, 0.15) is 32.1 Å². The van der Waals surface area contributed by atoms with Gasteiger partial charge in [0.25, 0.3) is 0 Å². The first kappa shape index (κ1) is 15.8. The largest absolute Gasteiger partial charge is 0.467 e. The van der Waals surface area contributed by atoms with Crippen LogP contribution in [0.2, 0.25) is 0 Å². The molecule has 1 heterocycles. The van der Waals surface area contributed by atoms with Gasteiger partial charge in [0.2, 0.25) is 11.8 Å². The number of amides is 2.